The van der Waals surface area contributed by atoms with Gasteiger partial charge in [0.15, 0.2) is 11.6 Å². The van der Waals surface area contributed by atoms with E-state index in [1.54, 1.807) is 45.0 Å². The van der Waals surface area contributed by atoms with E-state index in [1.807, 2.05) is 64.1 Å². The molecule has 31 heteroatoms. The van der Waals surface area contributed by atoms with Crippen LogP contribution in [0.3, 0.4) is 0 Å². The molecule has 0 aromatic heterocycles. The molecule has 2 aromatic rings. The van der Waals surface area contributed by atoms with E-state index in [0.717, 1.165) is 12.8 Å². The minimum absolute atomic E-state index is 0. The van der Waals surface area contributed by atoms with E-state index in [0.29, 0.717) is 83.9 Å². The van der Waals surface area contributed by atoms with Crippen LogP contribution in [0.1, 0.15) is 130 Å². The summed E-state index contributed by atoms with van der Waals surface area (Å²) in [6.45, 7) is 16.5. The third-order valence-electron chi connectivity index (χ3n) is 10.2. The second-order valence-electron chi connectivity index (χ2n) is 17.4. The molecule has 20 N–H and O–H groups in total. The van der Waals surface area contributed by atoms with E-state index < -0.39 is 42.1 Å². The Kier molecular flexibility index (Phi) is 89.3. The molecule has 0 radical (unpaired) electrons. The summed E-state index contributed by atoms with van der Waals surface area (Å²) < 4.78 is 17.7. The summed E-state index contributed by atoms with van der Waals surface area (Å²) in [4.78, 5) is 106. The lowest BCUT2D eigenvalue weighted by Crippen LogP contribution is -2.33. The molecule has 90 heavy (non-hydrogen) atoms. The molecule has 0 aliphatic heterocycles. The van der Waals surface area contributed by atoms with Gasteiger partial charge in [0.2, 0.25) is 0 Å². The largest absolute Gasteiger partial charge is 0.468 e. The number of Topliss-reactive ketones (excluding diaryl/α,β-unsaturated/α-hetero) is 6. The Morgan fingerprint density at radius 2 is 0.589 bits per heavy atom. The Morgan fingerprint density at radius 1 is 0.344 bits per heavy atom. The Balaban J connectivity index is -0.0000000991. The molecule has 0 aliphatic carbocycles. The number of carbonyl (C=O) groups excluding carboxylic acids is 10. The van der Waals surface area contributed by atoms with Crippen molar-refractivity contribution in [3.05, 3.63) is 71.8 Å². The maximum Gasteiger partial charge on any atom is 0.323 e. The molecule has 0 spiro atoms. The number of hydrogen-bond donors (Lipinski definition) is 17. The highest BCUT2D eigenvalue weighted by atomic mass is 32.1. The standard InChI is InChI=1S/C10H13NO.C9H11NOS.C6H13NO.2C5H11NO2S.C5H11NOS.C5H11NO.2C4H9NO2S.C4H9NOS.2CH4/c1-2-9(11)10(12)8-6-4-3-5-7-8;10-8(6-12)9(11)7-4-2-1-3-5-7;1-3-5(7)6(8)4-2;2*1-2-8-5(7)4(6)3-9;1-2-5(7)4(6)3-8;1-3-5(6)4(2)7;2*1-7-4(6)3(5)2-8;1-3(6)4(5)2-7;;/h3-7,9H,2,11H2,1H3;1-5,8,12H,6,10H2;5H,3-4,7H2,1-2H3;2*4,9H,2-3,6H2,1H3;4,8H,2-3,6H2,1H3;5H,3,6H2,1-2H3;2*3,8H,2,5H2,1H3;4,7H,2,5H2,1H3;2*1H4/t9-;8-;5-;3*4-;5-;2*3-;4-;;/m1011001100../s1. The van der Waals surface area contributed by atoms with E-state index in [4.69, 9.17) is 57.3 Å². The van der Waals surface area contributed by atoms with Crippen LogP contribution in [-0.2, 0) is 57.3 Å². The van der Waals surface area contributed by atoms with Crippen LogP contribution in [0.25, 0.3) is 0 Å². The Bertz CT molecular complexity index is 1940. The van der Waals surface area contributed by atoms with Crippen molar-refractivity contribution in [2.24, 2.45) is 57.3 Å². The van der Waals surface area contributed by atoms with Crippen LogP contribution < -0.4 is 57.3 Å². The third-order valence-corrected chi connectivity index (χ3v) is 13.0. The molecule has 2 aromatic carbocycles. The first-order chi connectivity index (χ1) is 41.2. The maximum absolute atomic E-state index is 11.5. The molecule has 0 unspecified atom stereocenters. The van der Waals surface area contributed by atoms with Crippen LogP contribution in [0, 0.1) is 0 Å². The molecule has 2 rings (SSSR count). The zero-order valence-electron chi connectivity index (χ0n) is 53.1. The number of ether oxygens (including phenoxy) is 4. The summed E-state index contributed by atoms with van der Waals surface area (Å²) >= 11 is 26.8. The molecule has 24 nitrogen and oxygen atoms in total. The van der Waals surface area contributed by atoms with Gasteiger partial charge < -0.3 is 76.3 Å². The molecule has 0 aliphatic rings. The van der Waals surface area contributed by atoms with E-state index in [-0.39, 0.29) is 91.7 Å². The quantitative estimate of drug-likeness (QED) is 0.0277. The fraction of sp³-hybridized carbons (Fsp3) is 0.627. The van der Waals surface area contributed by atoms with E-state index in [9.17, 15) is 47.9 Å². The second-order valence-corrected chi connectivity index (χ2v) is 20.0. The molecule has 0 heterocycles. The summed E-state index contributed by atoms with van der Waals surface area (Å²) in [5.74, 6) is 1.28. The normalized spacial score (nSPS) is 12.7. The van der Waals surface area contributed by atoms with Crippen molar-refractivity contribution in [1.29, 1.82) is 0 Å². The van der Waals surface area contributed by atoms with Crippen LogP contribution in [0.2, 0.25) is 0 Å². The Labute approximate surface area is 576 Å². The first kappa shape index (κ1) is 108. The minimum atomic E-state index is -0.580. The van der Waals surface area contributed by atoms with Gasteiger partial charge in [0.1, 0.15) is 47.3 Å². The van der Waals surface area contributed by atoms with Gasteiger partial charge in [0.25, 0.3) is 0 Å². The summed E-state index contributed by atoms with van der Waals surface area (Å²) in [5.41, 5.74) is 54.5. The third kappa shape index (κ3) is 65.9. The van der Waals surface area contributed by atoms with Crippen LogP contribution in [0.5, 0.6) is 0 Å². The van der Waals surface area contributed by atoms with Crippen molar-refractivity contribution in [1.82, 2.24) is 0 Å². The fourth-order valence-electron chi connectivity index (χ4n) is 4.27. The lowest BCUT2D eigenvalue weighted by atomic mass is 10.0. The van der Waals surface area contributed by atoms with Gasteiger partial charge >= 0.3 is 23.9 Å². The first-order valence-corrected chi connectivity index (χ1v) is 32.2. The molecular formula is C59H116N10O14S7. The van der Waals surface area contributed by atoms with E-state index in [1.165, 1.54) is 28.1 Å². The molecule has 0 fully saturated rings. The average Bonchev–Trinajstić information content (AvgIpc) is 3.76. The summed E-state index contributed by atoms with van der Waals surface area (Å²) in [6, 6.07) is 13.8. The van der Waals surface area contributed by atoms with Gasteiger partial charge in [0, 0.05) is 64.2 Å². The summed E-state index contributed by atoms with van der Waals surface area (Å²) in [7, 11) is 2.59. The van der Waals surface area contributed by atoms with Crippen molar-refractivity contribution in [3.8, 4) is 0 Å². The molecule has 0 saturated heterocycles. The first-order valence-electron chi connectivity index (χ1n) is 27.7. The number of nitrogens with two attached hydrogens (primary N) is 10. The number of esters is 4. The van der Waals surface area contributed by atoms with Gasteiger partial charge in [-0.2, -0.15) is 88.4 Å². The predicted molar refractivity (Wildman–Crippen MR) is 392 cm³/mol. The minimum Gasteiger partial charge on any atom is -0.468 e. The van der Waals surface area contributed by atoms with E-state index in [2.05, 4.69) is 107 Å². The van der Waals surface area contributed by atoms with Gasteiger partial charge in [-0.3, -0.25) is 47.9 Å². The van der Waals surface area contributed by atoms with Crippen molar-refractivity contribution < 1.29 is 66.9 Å². The smallest absolute Gasteiger partial charge is 0.323 e. The molecular weight excluding hydrogens is 1300 g/mol. The van der Waals surface area contributed by atoms with Gasteiger partial charge in [-0.1, -0.05) is 110 Å². The number of methoxy groups -OCH3 is 2. The monoisotopic (exact) mass is 1410 g/mol. The predicted octanol–water partition coefficient (Wildman–Crippen LogP) is 3.52. The number of ketones is 6. The Morgan fingerprint density at radius 3 is 0.744 bits per heavy atom. The van der Waals surface area contributed by atoms with E-state index >= 15 is 0 Å². The van der Waals surface area contributed by atoms with Crippen molar-refractivity contribution in [3.63, 3.8) is 0 Å². The van der Waals surface area contributed by atoms with Gasteiger partial charge in [-0.05, 0) is 47.0 Å². The van der Waals surface area contributed by atoms with Crippen LogP contribution in [0.4, 0.5) is 0 Å². The SMILES string of the molecule is C.C.CC(=O)[C@@H](N)CS.CCC(=O)[C@@H](N)CS.CCC(=O)[C@H](N)CC.CCOC(=O)[C@@H](N)CS.CCOC(=O)[C@H](N)CS.CC[C@@H](N)C(=O)c1ccccc1.CC[C@@H](N)C(C)=O.COC(=O)[C@@H](N)CS.COC(=O)[C@H](N)CS.N[C@@H](CS)C(=O)c1ccccc1. The molecule has 528 valence electrons. The topological polar surface area (TPSA) is 468 Å². The van der Waals surface area contributed by atoms with Crippen LogP contribution in [-0.4, -0.2) is 187 Å². The van der Waals surface area contributed by atoms with Gasteiger partial charge in [-0.25, -0.2) is 0 Å². The lowest BCUT2D eigenvalue weighted by molar-refractivity contribution is -0.144. The highest BCUT2D eigenvalue weighted by Gasteiger charge is 2.15. The highest BCUT2D eigenvalue weighted by molar-refractivity contribution is 7.81. The maximum atomic E-state index is 11.5. The molecule has 0 bridgehead atoms. The average molecular weight is 1410 g/mol. The van der Waals surface area contributed by atoms with Gasteiger partial charge in [0.05, 0.1) is 63.7 Å². The molecule has 10 atom stereocenters. The summed E-state index contributed by atoms with van der Waals surface area (Å²) in [6.07, 6.45) is 3.27. The van der Waals surface area contributed by atoms with Crippen LogP contribution in [0.15, 0.2) is 60.7 Å². The van der Waals surface area contributed by atoms with Crippen molar-refractivity contribution >= 4 is 147 Å². The second kappa shape index (κ2) is 74.4. The zero-order valence-corrected chi connectivity index (χ0v) is 59.3. The Hall–Kier alpha value is -3.61. The number of benzene rings is 2. The van der Waals surface area contributed by atoms with Crippen LogP contribution >= 0.6 is 88.4 Å². The number of carbonyl (C=O) groups is 10. The molecule has 0 saturated carbocycles. The van der Waals surface area contributed by atoms with Crippen molar-refractivity contribution in [2.45, 2.75) is 170 Å². The number of hydrogen-bond acceptors (Lipinski definition) is 31. The highest BCUT2D eigenvalue weighted by Crippen LogP contribution is 2.05. The molecule has 0 amide bonds. The number of thiol groups is 7. The fourth-order valence-corrected chi connectivity index (χ4v) is 5.49. The number of rotatable bonds is 26. The van der Waals surface area contributed by atoms with Crippen molar-refractivity contribution in [2.75, 3.05) is 67.7 Å². The van der Waals surface area contributed by atoms with Gasteiger partial charge in [-0.15, -0.1) is 0 Å². The summed E-state index contributed by atoms with van der Waals surface area (Å²) in [5, 5.41) is 0. The lowest BCUT2D eigenvalue weighted by Gasteiger charge is -2.06. The zero-order chi connectivity index (χ0) is 70.5.